The fourth-order valence-corrected chi connectivity index (χ4v) is 4.63. The minimum Gasteiger partial charge on any atom is -0.494 e. The van der Waals surface area contributed by atoms with E-state index < -0.39 is 11.7 Å². The van der Waals surface area contributed by atoms with Crippen LogP contribution in [-0.4, -0.2) is 37.0 Å². The van der Waals surface area contributed by atoms with Crippen LogP contribution in [0.3, 0.4) is 0 Å². The van der Waals surface area contributed by atoms with Gasteiger partial charge in [-0.1, -0.05) is 73.1 Å². The molecule has 0 heterocycles. The Morgan fingerprint density at radius 1 is 1.05 bits per heavy atom. The van der Waals surface area contributed by atoms with E-state index in [-0.39, 0.29) is 23.3 Å². The van der Waals surface area contributed by atoms with Gasteiger partial charge in [0.2, 0.25) is 5.91 Å². The van der Waals surface area contributed by atoms with Crippen LogP contribution in [-0.2, 0) is 23.9 Å². The lowest BCUT2D eigenvalue weighted by atomic mass is 10.00. The second-order valence-electron chi connectivity index (χ2n) is 9.30. The van der Waals surface area contributed by atoms with Gasteiger partial charge in [0.15, 0.2) is 0 Å². The summed E-state index contributed by atoms with van der Waals surface area (Å²) in [6, 6.07) is 21.5. The number of hydrogen-bond acceptors (Lipinski definition) is 3. The van der Waals surface area contributed by atoms with Crippen LogP contribution < -0.4 is 10.1 Å². The van der Waals surface area contributed by atoms with E-state index in [9.17, 15) is 18.0 Å². The molecule has 0 saturated carbocycles. The predicted molar refractivity (Wildman–Crippen MR) is 146 cm³/mol. The Balaban J connectivity index is 1.65. The summed E-state index contributed by atoms with van der Waals surface area (Å²) in [5, 5.41) is 2.53. The quantitative estimate of drug-likeness (QED) is 0.232. The van der Waals surface area contributed by atoms with Crippen LogP contribution >= 0.6 is 11.6 Å². The number of hydrogen-bond donors (Lipinski definition) is 1. The maximum atomic E-state index is 13.4. The third-order valence-corrected chi connectivity index (χ3v) is 6.65. The zero-order valence-electron chi connectivity index (χ0n) is 21.7. The first-order valence-corrected chi connectivity index (χ1v) is 13.2. The van der Waals surface area contributed by atoms with Gasteiger partial charge >= 0.3 is 6.18 Å². The van der Waals surface area contributed by atoms with Crippen LogP contribution in [0.1, 0.15) is 48.4 Å². The van der Waals surface area contributed by atoms with Crippen molar-refractivity contribution in [3.8, 4) is 5.75 Å². The molecule has 38 heavy (non-hydrogen) atoms. The fraction of sp³-hybridized carbons (Fsp3) is 0.367. The summed E-state index contributed by atoms with van der Waals surface area (Å²) in [6.07, 6.45) is -3.55. The van der Waals surface area contributed by atoms with Crippen molar-refractivity contribution in [1.29, 1.82) is 0 Å². The lowest BCUT2D eigenvalue weighted by Gasteiger charge is -2.27. The van der Waals surface area contributed by atoms with Crippen molar-refractivity contribution in [2.24, 2.45) is 0 Å². The zero-order valence-corrected chi connectivity index (χ0v) is 22.5. The maximum Gasteiger partial charge on any atom is 0.417 e. The van der Waals surface area contributed by atoms with E-state index in [0.717, 1.165) is 17.2 Å². The van der Waals surface area contributed by atoms with Crippen molar-refractivity contribution in [2.45, 2.75) is 45.3 Å². The van der Waals surface area contributed by atoms with Crippen molar-refractivity contribution in [2.75, 3.05) is 26.2 Å². The van der Waals surface area contributed by atoms with Crippen LogP contribution in [0, 0.1) is 0 Å². The Labute approximate surface area is 227 Å². The standard InChI is InChI=1S/C30H34ClF3N2O2/c1-3-35-28(37)19-23-10-7-14-26(18-23)38-17-9-16-36(20-22(2)24-11-5-4-6-12-24)21-25-13-8-15-27(29(25)31)30(32,33)34/h4-8,10-15,18,22H,3,9,16-17,19-21H2,1-2H3,(H,35,37). The first-order valence-electron chi connectivity index (χ1n) is 12.8. The molecular formula is C30H34ClF3N2O2. The second-order valence-corrected chi connectivity index (χ2v) is 9.68. The molecule has 1 atom stereocenters. The van der Waals surface area contributed by atoms with Gasteiger partial charge in [-0.2, -0.15) is 13.2 Å². The Morgan fingerprint density at radius 3 is 2.50 bits per heavy atom. The summed E-state index contributed by atoms with van der Waals surface area (Å²) in [5.74, 6) is 0.811. The van der Waals surface area contributed by atoms with Crippen LogP contribution in [0.4, 0.5) is 13.2 Å². The van der Waals surface area contributed by atoms with E-state index in [1.54, 1.807) is 6.07 Å². The van der Waals surface area contributed by atoms with Crippen LogP contribution in [0.15, 0.2) is 72.8 Å². The maximum absolute atomic E-state index is 13.4. The third-order valence-electron chi connectivity index (χ3n) is 6.20. The van der Waals surface area contributed by atoms with Crippen LogP contribution in [0.2, 0.25) is 5.02 Å². The van der Waals surface area contributed by atoms with Gasteiger partial charge in [0.05, 0.1) is 23.6 Å². The molecule has 0 fully saturated rings. The molecule has 1 amide bonds. The van der Waals surface area contributed by atoms with Gasteiger partial charge in [0, 0.05) is 26.2 Å². The number of halogens is 4. The molecule has 0 aliphatic rings. The van der Waals surface area contributed by atoms with Gasteiger partial charge < -0.3 is 10.1 Å². The molecule has 0 spiro atoms. The van der Waals surface area contributed by atoms with Gasteiger partial charge in [0.25, 0.3) is 0 Å². The molecule has 8 heteroatoms. The van der Waals surface area contributed by atoms with E-state index in [4.69, 9.17) is 16.3 Å². The number of likely N-dealkylation sites (N-methyl/N-ethyl adjacent to an activating group) is 1. The first-order chi connectivity index (χ1) is 18.2. The molecule has 0 aliphatic heterocycles. The smallest absolute Gasteiger partial charge is 0.417 e. The first kappa shape index (κ1) is 29.5. The molecule has 1 unspecified atom stereocenters. The SMILES string of the molecule is CCNC(=O)Cc1cccc(OCCCN(Cc2cccc(C(F)(F)F)c2Cl)CC(C)c2ccccc2)c1. The molecule has 0 bridgehead atoms. The van der Waals surface area contributed by atoms with Crippen molar-refractivity contribution < 1.29 is 22.7 Å². The number of nitrogens with one attached hydrogen (secondary N) is 1. The lowest BCUT2D eigenvalue weighted by Crippen LogP contribution is -2.30. The molecule has 0 aliphatic carbocycles. The molecular weight excluding hydrogens is 513 g/mol. The van der Waals surface area contributed by atoms with Gasteiger partial charge in [-0.3, -0.25) is 9.69 Å². The molecule has 1 N–H and O–H groups in total. The third kappa shape index (κ3) is 9.07. The number of carbonyl (C=O) groups excluding carboxylic acids is 1. The van der Waals surface area contributed by atoms with Gasteiger partial charge in [-0.15, -0.1) is 0 Å². The number of benzene rings is 3. The van der Waals surface area contributed by atoms with E-state index in [1.165, 1.54) is 6.07 Å². The Bertz CT molecular complexity index is 1170. The van der Waals surface area contributed by atoms with Crippen molar-refractivity contribution in [3.63, 3.8) is 0 Å². The number of amides is 1. The topological polar surface area (TPSA) is 41.6 Å². The van der Waals surface area contributed by atoms with E-state index in [1.807, 2.05) is 49.4 Å². The largest absolute Gasteiger partial charge is 0.494 e. The van der Waals surface area contributed by atoms with Crippen LogP contribution in [0.5, 0.6) is 5.75 Å². The molecule has 3 aromatic carbocycles. The number of carbonyl (C=O) groups is 1. The molecule has 3 aromatic rings. The summed E-state index contributed by atoms with van der Waals surface area (Å²) in [4.78, 5) is 14.0. The summed E-state index contributed by atoms with van der Waals surface area (Å²) >= 11 is 6.20. The highest BCUT2D eigenvalue weighted by molar-refractivity contribution is 6.32. The molecule has 204 valence electrons. The molecule has 3 rings (SSSR count). The average molecular weight is 547 g/mol. The molecule has 0 radical (unpaired) electrons. The number of ether oxygens (including phenoxy) is 1. The Kier molecular flexibility index (Phi) is 11.0. The van der Waals surface area contributed by atoms with Crippen molar-refractivity contribution in [3.05, 3.63) is 100 Å². The van der Waals surface area contributed by atoms with E-state index in [0.29, 0.717) is 50.5 Å². The van der Waals surface area contributed by atoms with Crippen molar-refractivity contribution >= 4 is 17.5 Å². The Hall–Kier alpha value is -3.03. The van der Waals surface area contributed by atoms with Gasteiger partial charge in [0.1, 0.15) is 5.75 Å². The van der Waals surface area contributed by atoms with Crippen LogP contribution in [0.25, 0.3) is 0 Å². The zero-order chi connectivity index (χ0) is 27.5. The average Bonchev–Trinajstić information content (AvgIpc) is 2.88. The predicted octanol–water partition coefficient (Wildman–Crippen LogP) is 7.11. The van der Waals surface area contributed by atoms with Crippen molar-refractivity contribution in [1.82, 2.24) is 10.2 Å². The molecule has 4 nitrogen and oxygen atoms in total. The minimum absolute atomic E-state index is 0.0407. The number of nitrogens with zero attached hydrogens (tertiary/aromatic N) is 1. The monoisotopic (exact) mass is 546 g/mol. The second kappa shape index (κ2) is 14.2. The normalized spacial score (nSPS) is 12.4. The number of rotatable bonds is 13. The lowest BCUT2D eigenvalue weighted by molar-refractivity contribution is -0.137. The van der Waals surface area contributed by atoms with E-state index in [2.05, 4.69) is 29.3 Å². The summed E-state index contributed by atoms with van der Waals surface area (Å²) in [6.45, 7) is 6.55. The molecule has 0 saturated heterocycles. The fourth-order valence-electron chi connectivity index (χ4n) is 4.34. The summed E-state index contributed by atoms with van der Waals surface area (Å²) < 4.78 is 46.2. The minimum atomic E-state index is -4.51. The van der Waals surface area contributed by atoms with E-state index >= 15 is 0 Å². The highest BCUT2D eigenvalue weighted by Crippen LogP contribution is 2.36. The summed E-state index contributed by atoms with van der Waals surface area (Å²) in [5.41, 5.74) is 1.66. The van der Waals surface area contributed by atoms with Gasteiger partial charge in [-0.05, 0) is 54.2 Å². The molecule has 0 aromatic heterocycles. The Morgan fingerprint density at radius 2 is 1.79 bits per heavy atom. The summed E-state index contributed by atoms with van der Waals surface area (Å²) in [7, 11) is 0. The highest BCUT2D eigenvalue weighted by atomic mass is 35.5. The van der Waals surface area contributed by atoms with Gasteiger partial charge in [-0.25, -0.2) is 0 Å². The highest BCUT2D eigenvalue weighted by Gasteiger charge is 2.34. The number of alkyl halides is 3.